The molecule has 3 aromatic rings. The molecule has 1 saturated heterocycles. The monoisotopic (exact) mass is 399 g/mol. The quantitative estimate of drug-likeness (QED) is 0.590. The highest BCUT2D eigenvalue weighted by Crippen LogP contribution is 2.31. The second-order valence-electron chi connectivity index (χ2n) is 5.88. The molecule has 0 atom stereocenters. The third kappa shape index (κ3) is 3.32. The summed E-state index contributed by atoms with van der Waals surface area (Å²) in [4.78, 5) is 7.17. The van der Waals surface area contributed by atoms with Gasteiger partial charge >= 0.3 is 0 Å². The summed E-state index contributed by atoms with van der Waals surface area (Å²) < 4.78 is 1.04. The van der Waals surface area contributed by atoms with Crippen molar-refractivity contribution in [2.24, 2.45) is 0 Å². The predicted octanol–water partition coefficient (Wildman–Crippen LogP) is 5.92. The Bertz CT molecular complexity index is 823. The van der Waals surface area contributed by atoms with Crippen LogP contribution in [0, 0.1) is 0 Å². The molecule has 1 aromatic heterocycles. The van der Waals surface area contributed by atoms with Crippen molar-refractivity contribution in [1.29, 1.82) is 0 Å². The Hall–Kier alpha value is -1.85. The Kier molecular flexibility index (Phi) is 4.54. The molecule has 2 heterocycles. The molecule has 0 aliphatic carbocycles. The Morgan fingerprint density at radius 1 is 1.00 bits per heavy atom. The summed E-state index contributed by atoms with van der Waals surface area (Å²) in [6, 6.07) is 16.8. The first-order valence-electron chi connectivity index (χ1n) is 8.12. The van der Waals surface area contributed by atoms with E-state index in [1.807, 2.05) is 24.3 Å². The van der Waals surface area contributed by atoms with E-state index >= 15 is 0 Å². The first-order valence-corrected chi connectivity index (χ1v) is 9.79. The number of aromatic nitrogens is 1. The maximum atomic E-state index is 4.72. The van der Waals surface area contributed by atoms with E-state index in [2.05, 4.69) is 55.8 Å². The minimum absolute atomic E-state index is 0.903. The van der Waals surface area contributed by atoms with Gasteiger partial charge in [-0.3, -0.25) is 0 Å². The van der Waals surface area contributed by atoms with Crippen molar-refractivity contribution in [2.75, 3.05) is 23.3 Å². The van der Waals surface area contributed by atoms with Gasteiger partial charge in [-0.25, -0.2) is 4.98 Å². The van der Waals surface area contributed by atoms with Gasteiger partial charge in [-0.1, -0.05) is 24.3 Å². The molecular weight excluding hydrogens is 382 g/mol. The topological polar surface area (TPSA) is 28.2 Å². The van der Waals surface area contributed by atoms with E-state index in [-0.39, 0.29) is 0 Å². The predicted molar refractivity (Wildman–Crippen MR) is 106 cm³/mol. The summed E-state index contributed by atoms with van der Waals surface area (Å²) in [6.45, 7) is 2.35. The molecule has 2 aromatic carbocycles. The van der Waals surface area contributed by atoms with Gasteiger partial charge in [-0.05, 0) is 53.0 Å². The summed E-state index contributed by atoms with van der Waals surface area (Å²) in [5.41, 5.74) is 4.53. The second-order valence-corrected chi connectivity index (χ2v) is 7.60. The lowest BCUT2D eigenvalue weighted by Crippen LogP contribution is -2.17. The molecule has 1 fully saturated rings. The fourth-order valence-electron chi connectivity index (χ4n) is 2.96. The molecule has 0 spiro atoms. The van der Waals surface area contributed by atoms with Crippen LogP contribution in [0.15, 0.2) is 58.4 Å². The van der Waals surface area contributed by atoms with Gasteiger partial charge in [0.2, 0.25) is 0 Å². The number of para-hydroxylation sites is 1. The highest BCUT2D eigenvalue weighted by Gasteiger charge is 2.12. The highest BCUT2D eigenvalue weighted by atomic mass is 79.9. The molecule has 0 bridgehead atoms. The van der Waals surface area contributed by atoms with Crippen LogP contribution in [0.5, 0.6) is 0 Å². The molecule has 1 aliphatic heterocycles. The Morgan fingerprint density at radius 3 is 2.50 bits per heavy atom. The summed E-state index contributed by atoms with van der Waals surface area (Å²) in [5.74, 6) is 0. The molecule has 0 amide bonds. The number of hydrogen-bond acceptors (Lipinski definition) is 4. The lowest BCUT2D eigenvalue weighted by Gasteiger charge is -2.17. The Morgan fingerprint density at radius 2 is 1.75 bits per heavy atom. The van der Waals surface area contributed by atoms with Crippen molar-refractivity contribution in [3.63, 3.8) is 0 Å². The number of thiazole rings is 1. The maximum absolute atomic E-state index is 4.72. The van der Waals surface area contributed by atoms with Crippen LogP contribution in [0.3, 0.4) is 0 Å². The van der Waals surface area contributed by atoms with Gasteiger partial charge in [-0.2, -0.15) is 0 Å². The zero-order chi connectivity index (χ0) is 16.4. The number of rotatable bonds is 4. The van der Waals surface area contributed by atoms with E-state index < -0.39 is 0 Å². The zero-order valence-corrected chi connectivity index (χ0v) is 15.6. The molecule has 122 valence electrons. The minimum atomic E-state index is 0.903. The molecule has 24 heavy (non-hydrogen) atoms. The largest absolute Gasteiger partial charge is 0.372 e. The van der Waals surface area contributed by atoms with Crippen LogP contribution in [0.25, 0.3) is 11.3 Å². The van der Waals surface area contributed by atoms with E-state index in [1.165, 1.54) is 31.6 Å². The molecule has 0 saturated carbocycles. The molecule has 3 nitrogen and oxygen atoms in total. The van der Waals surface area contributed by atoms with Crippen molar-refractivity contribution < 1.29 is 0 Å². The van der Waals surface area contributed by atoms with Crippen LogP contribution in [0.4, 0.5) is 16.5 Å². The van der Waals surface area contributed by atoms with Crippen LogP contribution >= 0.6 is 27.3 Å². The summed E-state index contributed by atoms with van der Waals surface area (Å²) in [6.07, 6.45) is 2.61. The lowest BCUT2D eigenvalue weighted by atomic mass is 10.1. The third-order valence-electron chi connectivity index (χ3n) is 4.25. The molecule has 5 heteroatoms. The number of nitrogens with zero attached hydrogens (tertiary/aromatic N) is 2. The van der Waals surface area contributed by atoms with Crippen molar-refractivity contribution in [3.8, 4) is 11.3 Å². The number of anilines is 3. The average Bonchev–Trinajstić information content (AvgIpc) is 3.29. The molecule has 1 N–H and O–H groups in total. The number of hydrogen-bond donors (Lipinski definition) is 1. The van der Waals surface area contributed by atoms with E-state index in [4.69, 9.17) is 4.98 Å². The highest BCUT2D eigenvalue weighted by molar-refractivity contribution is 9.10. The van der Waals surface area contributed by atoms with Crippen LogP contribution in [-0.4, -0.2) is 18.1 Å². The van der Waals surface area contributed by atoms with E-state index in [1.54, 1.807) is 11.3 Å². The minimum Gasteiger partial charge on any atom is -0.372 e. The fourth-order valence-corrected chi connectivity index (χ4v) is 4.08. The molecule has 0 radical (unpaired) electrons. The van der Waals surface area contributed by atoms with Crippen LogP contribution in [0.2, 0.25) is 0 Å². The van der Waals surface area contributed by atoms with Crippen LogP contribution in [-0.2, 0) is 0 Å². The van der Waals surface area contributed by atoms with Crippen LogP contribution < -0.4 is 10.2 Å². The Balaban J connectivity index is 1.51. The van der Waals surface area contributed by atoms with Crippen LogP contribution in [0.1, 0.15) is 12.8 Å². The summed E-state index contributed by atoms with van der Waals surface area (Å²) in [5, 5.41) is 6.38. The van der Waals surface area contributed by atoms with E-state index in [0.29, 0.717) is 0 Å². The SMILES string of the molecule is Brc1ccccc1Nc1nc(-c2ccc(N3CCCC3)cc2)cs1. The van der Waals surface area contributed by atoms with Gasteiger partial charge in [0.15, 0.2) is 5.13 Å². The number of halogens is 1. The van der Waals surface area contributed by atoms with Crippen molar-refractivity contribution in [2.45, 2.75) is 12.8 Å². The lowest BCUT2D eigenvalue weighted by molar-refractivity contribution is 0.949. The Labute approximate surface area is 154 Å². The second kappa shape index (κ2) is 6.95. The zero-order valence-electron chi connectivity index (χ0n) is 13.2. The third-order valence-corrected chi connectivity index (χ3v) is 5.70. The molecule has 4 rings (SSSR count). The molecule has 1 aliphatic rings. The standard InChI is InChI=1S/C19H18BrN3S/c20-16-5-1-2-6-17(16)21-19-22-18(13-24-19)14-7-9-15(10-8-14)23-11-3-4-12-23/h1-2,5-10,13H,3-4,11-12H2,(H,21,22). The first-order chi connectivity index (χ1) is 11.8. The van der Waals surface area contributed by atoms with Crippen molar-refractivity contribution in [3.05, 3.63) is 58.4 Å². The van der Waals surface area contributed by atoms with Gasteiger partial charge in [-0.15, -0.1) is 11.3 Å². The number of benzene rings is 2. The van der Waals surface area contributed by atoms with Crippen molar-refractivity contribution in [1.82, 2.24) is 4.98 Å². The van der Waals surface area contributed by atoms with E-state index in [9.17, 15) is 0 Å². The fraction of sp³-hybridized carbons (Fsp3) is 0.211. The summed E-state index contributed by atoms with van der Waals surface area (Å²) in [7, 11) is 0. The van der Waals surface area contributed by atoms with Gasteiger partial charge in [0, 0.05) is 34.2 Å². The van der Waals surface area contributed by atoms with E-state index in [0.717, 1.165) is 26.5 Å². The average molecular weight is 400 g/mol. The van der Waals surface area contributed by atoms with Gasteiger partial charge < -0.3 is 10.2 Å². The number of nitrogens with one attached hydrogen (secondary N) is 1. The normalized spacial score (nSPS) is 14.1. The molecular formula is C19H18BrN3S. The van der Waals surface area contributed by atoms with Gasteiger partial charge in [0.25, 0.3) is 0 Å². The molecule has 0 unspecified atom stereocenters. The summed E-state index contributed by atoms with van der Waals surface area (Å²) >= 11 is 5.18. The van der Waals surface area contributed by atoms with Gasteiger partial charge in [0.1, 0.15) is 0 Å². The van der Waals surface area contributed by atoms with Crippen molar-refractivity contribution >= 4 is 43.8 Å². The maximum Gasteiger partial charge on any atom is 0.187 e. The first kappa shape index (κ1) is 15.7. The van der Waals surface area contributed by atoms with Gasteiger partial charge in [0.05, 0.1) is 11.4 Å². The smallest absolute Gasteiger partial charge is 0.187 e.